The Labute approximate surface area is 133 Å². The zero-order valence-electron chi connectivity index (χ0n) is 13.3. The number of rotatable bonds is 5. The average molecular weight is 313 g/mol. The molecule has 0 saturated carbocycles. The summed E-state index contributed by atoms with van der Waals surface area (Å²) in [6, 6.07) is 4.48. The molecular weight excluding hydrogens is 294 g/mol. The number of nitrogens with zero attached hydrogens (tertiary/aromatic N) is 7. The van der Waals surface area contributed by atoms with Gasteiger partial charge in [-0.05, 0) is 19.2 Å². The topological polar surface area (TPSA) is 75.6 Å². The van der Waals surface area contributed by atoms with Crippen LogP contribution >= 0.6 is 0 Å². The number of likely N-dealkylation sites (N-methyl/N-ethyl adjacent to an activating group) is 1. The normalized spacial score (nSPS) is 15.5. The number of hydrogen-bond donors (Lipinski definition) is 0. The van der Waals surface area contributed by atoms with Crippen molar-refractivity contribution in [3.05, 3.63) is 36.3 Å². The summed E-state index contributed by atoms with van der Waals surface area (Å²) in [6.07, 6.45) is 4.33. The molecule has 8 heteroatoms. The van der Waals surface area contributed by atoms with Gasteiger partial charge in [0, 0.05) is 39.0 Å². The van der Waals surface area contributed by atoms with Crippen LogP contribution in [0.25, 0.3) is 5.65 Å². The predicted molar refractivity (Wildman–Crippen MR) is 84.4 cm³/mol. The minimum absolute atomic E-state index is 0.539. The van der Waals surface area contributed by atoms with Gasteiger partial charge in [0.15, 0.2) is 11.5 Å². The highest BCUT2D eigenvalue weighted by Gasteiger charge is 2.31. The Balaban J connectivity index is 1.31. The number of hydrogen-bond acceptors (Lipinski definition) is 7. The SMILES string of the molecule is Cc1ncc(CCN(C)C2CN(c3ccc4nncn4n3)C2)o1. The average Bonchev–Trinajstić information content (AvgIpc) is 3.11. The molecule has 8 nitrogen and oxygen atoms in total. The van der Waals surface area contributed by atoms with Gasteiger partial charge < -0.3 is 9.32 Å². The summed E-state index contributed by atoms with van der Waals surface area (Å²) in [5, 5.41) is 12.3. The lowest BCUT2D eigenvalue weighted by atomic mass is 10.1. The Morgan fingerprint density at radius 3 is 3.00 bits per heavy atom. The Kier molecular flexibility index (Phi) is 3.45. The van der Waals surface area contributed by atoms with E-state index in [0.717, 1.165) is 49.2 Å². The summed E-state index contributed by atoms with van der Waals surface area (Å²) >= 11 is 0. The van der Waals surface area contributed by atoms with Crippen LogP contribution in [-0.4, -0.2) is 62.4 Å². The molecule has 3 aromatic heterocycles. The van der Waals surface area contributed by atoms with E-state index in [1.54, 1.807) is 10.8 Å². The molecule has 0 amide bonds. The highest BCUT2D eigenvalue weighted by molar-refractivity contribution is 5.47. The van der Waals surface area contributed by atoms with Crippen LogP contribution in [0, 0.1) is 6.92 Å². The number of fused-ring (bicyclic) bond motifs is 1. The summed E-state index contributed by atoms with van der Waals surface area (Å²) in [7, 11) is 2.15. The van der Waals surface area contributed by atoms with Crippen LogP contribution < -0.4 is 4.90 Å². The van der Waals surface area contributed by atoms with Gasteiger partial charge in [-0.3, -0.25) is 4.90 Å². The summed E-state index contributed by atoms with van der Waals surface area (Å²) in [4.78, 5) is 8.76. The second-order valence-corrected chi connectivity index (χ2v) is 5.96. The molecule has 120 valence electrons. The van der Waals surface area contributed by atoms with Crippen molar-refractivity contribution in [1.82, 2.24) is 29.7 Å². The third-order valence-corrected chi connectivity index (χ3v) is 4.34. The van der Waals surface area contributed by atoms with E-state index in [1.807, 2.05) is 25.3 Å². The number of aromatic nitrogens is 5. The fraction of sp³-hybridized carbons (Fsp3) is 0.467. The van der Waals surface area contributed by atoms with E-state index in [1.165, 1.54) is 0 Å². The summed E-state index contributed by atoms with van der Waals surface area (Å²) < 4.78 is 7.22. The van der Waals surface area contributed by atoms with E-state index in [4.69, 9.17) is 4.42 Å². The standard InChI is InChI=1S/C15H19N7O/c1-11-16-7-13(23-11)5-6-20(2)12-8-21(9-12)15-4-3-14-18-17-10-22(14)19-15/h3-4,7,10,12H,5-6,8-9H2,1-2H3. The minimum Gasteiger partial charge on any atom is -0.446 e. The molecule has 1 fully saturated rings. The number of anilines is 1. The van der Waals surface area contributed by atoms with Crippen LogP contribution in [-0.2, 0) is 6.42 Å². The molecule has 1 aliphatic rings. The Hall–Kier alpha value is -2.48. The Morgan fingerprint density at radius 1 is 1.35 bits per heavy atom. The smallest absolute Gasteiger partial charge is 0.191 e. The van der Waals surface area contributed by atoms with Crippen LogP contribution in [0.2, 0.25) is 0 Å². The molecule has 1 saturated heterocycles. The molecule has 0 bridgehead atoms. The molecule has 4 heterocycles. The molecule has 0 N–H and O–H groups in total. The van der Waals surface area contributed by atoms with Crippen LogP contribution in [0.5, 0.6) is 0 Å². The minimum atomic E-state index is 0.539. The van der Waals surface area contributed by atoms with Crippen molar-refractivity contribution in [3.63, 3.8) is 0 Å². The van der Waals surface area contributed by atoms with Crippen LogP contribution in [0.15, 0.2) is 29.1 Å². The van der Waals surface area contributed by atoms with E-state index in [9.17, 15) is 0 Å². The van der Waals surface area contributed by atoms with Gasteiger partial charge in [-0.1, -0.05) is 0 Å². The lowest BCUT2D eigenvalue weighted by molar-refractivity contribution is 0.203. The molecule has 23 heavy (non-hydrogen) atoms. The van der Waals surface area contributed by atoms with Gasteiger partial charge in [0.1, 0.15) is 17.9 Å². The van der Waals surface area contributed by atoms with E-state index in [-0.39, 0.29) is 0 Å². The van der Waals surface area contributed by atoms with Crippen molar-refractivity contribution in [2.75, 3.05) is 31.6 Å². The summed E-state index contributed by atoms with van der Waals surface area (Å²) in [5.74, 6) is 2.64. The molecule has 0 spiro atoms. The van der Waals surface area contributed by atoms with E-state index in [2.05, 4.69) is 37.1 Å². The van der Waals surface area contributed by atoms with Crippen LogP contribution in [0.1, 0.15) is 11.7 Å². The fourth-order valence-electron chi connectivity index (χ4n) is 2.80. The van der Waals surface area contributed by atoms with Gasteiger partial charge in [-0.15, -0.1) is 15.3 Å². The molecule has 4 rings (SSSR count). The first-order valence-electron chi connectivity index (χ1n) is 7.72. The van der Waals surface area contributed by atoms with Gasteiger partial charge >= 0.3 is 0 Å². The number of oxazole rings is 1. The fourth-order valence-corrected chi connectivity index (χ4v) is 2.80. The van der Waals surface area contributed by atoms with Crippen LogP contribution in [0.4, 0.5) is 5.82 Å². The first-order valence-corrected chi connectivity index (χ1v) is 7.72. The highest BCUT2D eigenvalue weighted by Crippen LogP contribution is 2.21. The highest BCUT2D eigenvalue weighted by atomic mass is 16.3. The van der Waals surface area contributed by atoms with Gasteiger partial charge in [-0.25, -0.2) is 4.98 Å². The first kappa shape index (κ1) is 14.1. The molecule has 0 atom stereocenters. The van der Waals surface area contributed by atoms with Crippen molar-refractivity contribution in [2.45, 2.75) is 19.4 Å². The van der Waals surface area contributed by atoms with Crippen molar-refractivity contribution in [1.29, 1.82) is 0 Å². The van der Waals surface area contributed by atoms with E-state index < -0.39 is 0 Å². The summed E-state index contributed by atoms with van der Waals surface area (Å²) in [6.45, 7) is 4.79. The largest absolute Gasteiger partial charge is 0.446 e. The Morgan fingerprint density at radius 2 is 2.22 bits per heavy atom. The maximum absolute atomic E-state index is 5.52. The zero-order chi connectivity index (χ0) is 15.8. The maximum atomic E-state index is 5.52. The number of aryl methyl sites for hydroxylation is 1. The van der Waals surface area contributed by atoms with Gasteiger partial charge in [-0.2, -0.15) is 4.52 Å². The third kappa shape index (κ3) is 2.77. The second-order valence-electron chi connectivity index (χ2n) is 5.96. The van der Waals surface area contributed by atoms with Gasteiger partial charge in [0.2, 0.25) is 0 Å². The van der Waals surface area contributed by atoms with E-state index in [0.29, 0.717) is 6.04 Å². The lowest BCUT2D eigenvalue weighted by Crippen LogP contribution is -2.59. The maximum Gasteiger partial charge on any atom is 0.191 e. The van der Waals surface area contributed by atoms with Crippen molar-refractivity contribution >= 4 is 11.5 Å². The van der Waals surface area contributed by atoms with Gasteiger partial charge in [0.25, 0.3) is 0 Å². The molecule has 3 aromatic rings. The van der Waals surface area contributed by atoms with Crippen molar-refractivity contribution in [2.24, 2.45) is 0 Å². The Bertz CT molecular complexity index is 805. The summed E-state index contributed by atoms with van der Waals surface area (Å²) in [5.41, 5.74) is 0.769. The molecule has 0 unspecified atom stereocenters. The monoisotopic (exact) mass is 313 g/mol. The molecule has 0 radical (unpaired) electrons. The zero-order valence-corrected chi connectivity index (χ0v) is 13.3. The molecule has 0 aliphatic carbocycles. The quantitative estimate of drug-likeness (QED) is 0.689. The second kappa shape index (κ2) is 5.62. The third-order valence-electron chi connectivity index (χ3n) is 4.34. The first-order chi connectivity index (χ1) is 11.2. The molecule has 0 aromatic carbocycles. The van der Waals surface area contributed by atoms with E-state index >= 15 is 0 Å². The predicted octanol–water partition coefficient (Wildman–Crippen LogP) is 0.784. The molecule has 1 aliphatic heterocycles. The van der Waals surface area contributed by atoms with Gasteiger partial charge in [0.05, 0.1) is 6.20 Å². The molecular formula is C15H19N7O. The lowest BCUT2D eigenvalue weighted by Gasteiger charge is -2.44. The van der Waals surface area contributed by atoms with Crippen molar-refractivity contribution < 1.29 is 4.42 Å². The van der Waals surface area contributed by atoms with Crippen LogP contribution in [0.3, 0.4) is 0 Å². The van der Waals surface area contributed by atoms with Crippen molar-refractivity contribution in [3.8, 4) is 0 Å².